The normalized spacial score (nSPS) is 10.2. The van der Waals surface area contributed by atoms with Gasteiger partial charge in [-0.1, -0.05) is 35.9 Å². The van der Waals surface area contributed by atoms with Gasteiger partial charge in [0.1, 0.15) is 11.6 Å². The molecular formula is C20H13ClN2O3. The maximum atomic E-state index is 11.9. The second-order valence-electron chi connectivity index (χ2n) is 5.40. The van der Waals surface area contributed by atoms with Gasteiger partial charge in [0.2, 0.25) is 11.3 Å². The zero-order valence-electron chi connectivity index (χ0n) is 13.7. The Kier molecular flexibility index (Phi) is 4.87. The van der Waals surface area contributed by atoms with E-state index < -0.39 is 11.2 Å². The number of hydrogen-bond donors (Lipinski definition) is 1. The summed E-state index contributed by atoms with van der Waals surface area (Å²) in [5.74, 6) is -0.315. The smallest absolute Gasteiger partial charge is 0.232 e. The molecule has 128 valence electrons. The van der Waals surface area contributed by atoms with Crippen LogP contribution in [0.25, 0.3) is 22.4 Å². The number of nitrogens with zero attached hydrogens (tertiary/aromatic N) is 2. The second-order valence-corrected chi connectivity index (χ2v) is 5.84. The summed E-state index contributed by atoms with van der Waals surface area (Å²) in [6.45, 7) is 0. The van der Waals surface area contributed by atoms with Crippen LogP contribution in [0, 0.1) is 11.3 Å². The summed E-state index contributed by atoms with van der Waals surface area (Å²) in [7, 11) is 1.41. The van der Waals surface area contributed by atoms with E-state index in [-0.39, 0.29) is 17.0 Å². The molecule has 0 saturated heterocycles. The summed E-state index contributed by atoms with van der Waals surface area (Å²) in [5, 5.41) is 20.3. The quantitative estimate of drug-likeness (QED) is 0.759. The van der Waals surface area contributed by atoms with Gasteiger partial charge >= 0.3 is 0 Å². The average Bonchev–Trinajstić information content (AvgIpc) is 2.82. The monoisotopic (exact) mass is 364 g/mol. The highest BCUT2D eigenvalue weighted by atomic mass is 35.5. The molecule has 6 heteroatoms. The molecule has 1 aromatic heterocycles. The fourth-order valence-electron chi connectivity index (χ4n) is 2.56. The first kappa shape index (κ1) is 17.5. The Morgan fingerprint density at radius 2 is 1.81 bits per heavy atom. The van der Waals surface area contributed by atoms with Crippen molar-refractivity contribution in [1.82, 2.24) is 4.98 Å². The molecule has 0 saturated carbocycles. The minimum absolute atomic E-state index is 0.105. The van der Waals surface area contributed by atoms with Crippen molar-refractivity contribution in [3.05, 3.63) is 75.4 Å². The van der Waals surface area contributed by atoms with Crippen LogP contribution < -0.4 is 10.2 Å². The summed E-state index contributed by atoms with van der Waals surface area (Å²) in [6, 6.07) is 16.7. The molecular weight excluding hydrogens is 352 g/mol. The molecule has 0 spiro atoms. The predicted octanol–water partition coefficient (Wildman–Crippen LogP) is 4.02. The lowest BCUT2D eigenvalue weighted by atomic mass is 9.99. The topological polar surface area (TPSA) is 83.2 Å². The van der Waals surface area contributed by atoms with E-state index in [2.05, 4.69) is 11.1 Å². The van der Waals surface area contributed by atoms with E-state index in [4.69, 9.17) is 16.3 Å². The molecule has 0 atom stereocenters. The van der Waals surface area contributed by atoms with E-state index in [1.54, 1.807) is 42.5 Å². The first-order valence-electron chi connectivity index (χ1n) is 7.63. The van der Waals surface area contributed by atoms with Crippen molar-refractivity contribution in [1.29, 1.82) is 5.26 Å². The predicted molar refractivity (Wildman–Crippen MR) is 99.3 cm³/mol. The van der Waals surface area contributed by atoms with E-state index in [9.17, 15) is 15.2 Å². The summed E-state index contributed by atoms with van der Waals surface area (Å²) in [4.78, 5) is 16.2. The van der Waals surface area contributed by atoms with Crippen LogP contribution in [0.15, 0.2) is 59.4 Å². The van der Waals surface area contributed by atoms with Crippen LogP contribution in [0.1, 0.15) is 5.56 Å². The van der Waals surface area contributed by atoms with Gasteiger partial charge in [-0.15, -0.1) is 0 Å². The maximum absolute atomic E-state index is 11.9. The highest BCUT2D eigenvalue weighted by Gasteiger charge is 2.17. The van der Waals surface area contributed by atoms with Crippen molar-refractivity contribution < 1.29 is 9.84 Å². The molecule has 1 heterocycles. The Morgan fingerprint density at radius 1 is 1.12 bits per heavy atom. The van der Waals surface area contributed by atoms with Gasteiger partial charge in [0.25, 0.3) is 0 Å². The third-order valence-corrected chi connectivity index (χ3v) is 4.08. The summed E-state index contributed by atoms with van der Waals surface area (Å²) >= 11 is 5.94. The molecule has 0 aliphatic rings. The van der Waals surface area contributed by atoms with E-state index in [1.165, 1.54) is 19.2 Å². The number of aromatic nitrogens is 1. The van der Waals surface area contributed by atoms with Gasteiger partial charge < -0.3 is 9.84 Å². The van der Waals surface area contributed by atoms with Gasteiger partial charge in [-0.2, -0.15) is 5.26 Å². The third kappa shape index (κ3) is 3.23. The lowest BCUT2D eigenvalue weighted by Gasteiger charge is -2.11. The molecule has 0 aliphatic carbocycles. The Bertz CT molecular complexity index is 1070. The van der Waals surface area contributed by atoms with Gasteiger partial charge in [-0.3, -0.25) is 4.79 Å². The highest BCUT2D eigenvalue weighted by Crippen LogP contribution is 2.35. The molecule has 0 unspecified atom stereocenters. The zero-order valence-corrected chi connectivity index (χ0v) is 14.5. The molecule has 0 amide bonds. The first-order chi connectivity index (χ1) is 12.5. The maximum Gasteiger partial charge on any atom is 0.232 e. The number of methoxy groups -OCH3 is 1. The number of hydrogen-bond acceptors (Lipinski definition) is 5. The minimum atomic E-state index is -0.525. The van der Waals surface area contributed by atoms with Crippen molar-refractivity contribution in [2.75, 3.05) is 7.11 Å². The molecule has 5 nitrogen and oxygen atoms in total. The number of nitriles is 1. The van der Waals surface area contributed by atoms with E-state index in [1.807, 2.05) is 0 Å². The van der Waals surface area contributed by atoms with Gasteiger partial charge in [0.05, 0.1) is 12.8 Å². The number of aromatic hydroxyl groups is 1. The van der Waals surface area contributed by atoms with Gasteiger partial charge in [-0.25, -0.2) is 4.98 Å². The van der Waals surface area contributed by atoms with Crippen molar-refractivity contribution >= 4 is 11.6 Å². The first-order valence-corrected chi connectivity index (χ1v) is 8.00. The molecule has 0 aliphatic heterocycles. The van der Waals surface area contributed by atoms with E-state index >= 15 is 0 Å². The van der Waals surface area contributed by atoms with Crippen LogP contribution >= 0.6 is 11.6 Å². The number of ether oxygens (including phenoxy) is 1. The van der Waals surface area contributed by atoms with Crippen molar-refractivity contribution in [2.45, 2.75) is 0 Å². The summed E-state index contributed by atoms with van der Waals surface area (Å²) in [6.07, 6.45) is 0. The fraction of sp³-hybridized carbons (Fsp3) is 0.0500. The zero-order chi connectivity index (χ0) is 18.7. The average molecular weight is 365 g/mol. The number of benzene rings is 1. The fourth-order valence-corrected chi connectivity index (χ4v) is 2.69. The minimum Gasteiger partial charge on any atom is -0.504 e. The van der Waals surface area contributed by atoms with Crippen molar-refractivity contribution in [3.8, 4) is 40.1 Å². The molecule has 26 heavy (non-hydrogen) atoms. The van der Waals surface area contributed by atoms with Crippen LogP contribution in [0.2, 0.25) is 5.02 Å². The molecule has 2 aromatic carbocycles. The van der Waals surface area contributed by atoms with Crippen LogP contribution in [0.3, 0.4) is 0 Å². The SMILES string of the molecule is COc1nc(-c2ccccc(=O)c2O)cc(-c2ccc(Cl)cc2)c1C#N. The lowest BCUT2D eigenvalue weighted by Crippen LogP contribution is -1.99. The van der Waals surface area contributed by atoms with Crippen LogP contribution in [0.5, 0.6) is 11.6 Å². The number of pyridine rings is 1. The largest absolute Gasteiger partial charge is 0.504 e. The Balaban J connectivity index is 2.34. The number of halogens is 1. The van der Waals surface area contributed by atoms with Gasteiger partial charge in [0, 0.05) is 16.1 Å². The van der Waals surface area contributed by atoms with Gasteiger partial charge in [0.15, 0.2) is 5.75 Å². The number of rotatable bonds is 3. The van der Waals surface area contributed by atoms with E-state index in [0.29, 0.717) is 16.3 Å². The van der Waals surface area contributed by atoms with Crippen molar-refractivity contribution in [3.63, 3.8) is 0 Å². The van der Waals surface area contributed by atoms with Gasteiger partial charge in [-0.05, 0) is 35.9 Å². The lowest BCUT2D eigenvalue weighted by molar-refractivity contribution is 0.397. The van der Waals surface area contributed by atoms with E-state index in [0.717, 1.165) is 5.56 Å². The molecule has 0 radical (unpaired) electrons. The molecule has 0 bridgehead atoms. The van der Waals surface area contributed by atoms with Crippen molar-refractivity contribution in [2.24, 2.45) is 0 Å². The van der Waals surface area contributed by atoms with Crippen LogP contribution in [0.4, 0.5) is 0 Å². The second kappa shape index (κ2) is 7.26. The summed E-state index contributed by atoms with van der Waals surface area (Å²) in [5.41, 5.74) is 1.58. The highest BCUT2D eigenvalue weighted by molar-refractivity contribution is 6.30. The Hall–Kier alpha value is -3.36. The Morgan fingerprint density at radius 3 is 2.46 bits per heavy atom. The molecule has 1 N–H and O–H groups in total. The molecule has 3 rings (SSSR count). The summed E-state index contributed by atoms with van der Waals surface area (Å²) < 4.78 is 5.26. The van der Waals surface area contributed by atoms with Crippen LogP contribution in [-0.4, -0.2) is 17.2 Å². The Labute approximate surface area is 154 Å². The third-order valence-electron chi connectivity index (χ3n) is 3.83. The molecule has 3 aromatic rings. The molecule has 0 fully saturated rings. The standard InChI is InChI=1S/C20H13ClN2O3/c1-26-20-16(11-22)15(12-6-8-13(21)9-7-12)10-17(23-20)14-4-2-3-5-18(24)19(14)25/h2-10H,1H3,(H,24,25). The van der Waals surface area contributed by atoms with Crippen LogP contribution in [-0.2, 0) is 0 Å².